The summed E-state index contributed by atoms with van der Waals surface area (Å²) in [4.78, 5) is 7.79. The average molecular weight is 425 g/mol. The first-order valence-corrected chi connectivity index (χ1v) is 9.05. The van der Waals surface area contributed by atoms with Crippen LogP contribution in [0, 0.1) is 0 Å². The fraction of sp³-hybridized carbons (Fsp3) is 0.278. The highest BCUT2D eigenvalue weighted by Crippen LogP contribution is 2.34. The number of aromatic nitrogens is 4. The molecule has 0 aliphatic carbocycles. The zero-order chi connectivity index (χ0) is 20.6. The van der Waals surface area contributed by atoms with Gasteiger partial charge in [-0.2, -0.15) is 23.3 Å². The normalized spacial score (nSPS) is 14.6. The van der Waals surface area contributed by atoms with Crippen molar-refractivity contribution in [1.29, 1.82) is 0 Å². The number of hydrogen-bond acceptors (Lipinski definition) is 6. The topological polar surface area (TPSA) is 90.9 Å². The first-order chi connectivity index (χ1) is 13.8. The second kappa shape index (κ2) is 7.53. The summed E-state index contributed by atoms with van der Waals surface area (Å²) in [5.41, 5.74) is 7.13. The van der Waals surface area contributed by atoms with Gasteiger partial charge in [-0.1, -0.05) is 12.1 Å². The number of anilines is 2. The molecule has 2 aromatic heterocycles. The molecular weight excluding hydrogens is 409 g/mol. The number of benzene rings is 1. The fourth-order valence-corrected chi connectivity index (χ4v) is 3.02. The van der Waals surface area contributed by atoms with Gasteiger partial charge in [-0.05, 0) is 35.4 Å². The van der Waals surface area contributed by atoms with Crippen molar-refractivity contribution in [1.82, 2.24) is 19.7 Å². The molecule has 1 saturated heterocycles. The molecular formula is C18H16ClF3N6O. The predicted molar refractivity (Wildman–Crippen MR) is 101 cm³/mol. The Morgan fingerprint density at radius 1 is 1.24 bits per heavy atom. The van der Waals surface area contributed by atoms with Gasteiger partial charge in [0.15, 0.2) is 11.5 Å². The fourth-order valence-electron chi connectivity index (χ4n) is 2.89. The average Bonchev–Trinajstić information content (AvgIpc) is 3.06. The van der Waals surface area contributed by atoms with Crippen molar-refractivity contribution in [3.8, 4) is 5.69 Å². The molecule has 0 atom stereocenters. The first kappa shape index (κ1) is 19.5. The molecule has 0 radical (unpaired) electrons. The van der Waals surface area contributed by atoms with Crippen molar-refractivity contribution < 1.29 is 17.9 Å². The summed E-state index contributed by atoms with van der Waals surface area (Å²) < 4.78 is 45.8. The van der Waals surface area contributed by atoms with Crippen LogP contribution in [0.4, 0.5) is 24.7 Å². The van der Waals surface area contributed by atoms with Gasteiger partial charge in [0.2, 0.25) is 5.28 Å². The number of hydrogen-bond donors (Lipinski definition) is 2. The Morgan fingerprint density at radius 3 is 2.59 bits per heavy atom. The minimum absolute atomic E-state index is 0.0729. The molecule has 1 aromatic carbocycles. The van der Waals surface area contributed by atoms with E-state index in [9.17, 15) is 13.2 Å². The van der Waals surface area contributed by atoms with Crippen LogP contribution < -0.4 is 11.1 Å². The van der Waals surface area contributed by atoms with E-state index in [2.05, 4.69) is 20.4 Å². The molecule has 0 unspecified atom stereocenters. The van der Waals surface area contributed by atoms with E-state index in [1.54, 1.807) is 24.3 Å². The van der Waals surface area contributed by atoms with Gasteiger partial charge in [-0.3, -0.25) is 0 Å². The zero-order valence-electron chi connectivity index (χ0n) is 14.9. The van der Waals surface area contributed by atoms with Gasteiger partial charge < -0.3 is 15.8 Å². The van der Waals surface area contributed by atoms with Crippen molar-refractivity contribution in [2.75, 3.05) is 24.3 Å². The molecule has 29 heavy (non-hydrogen) atoms. The number of nitrogens with two attached hydrogens (primary N) is 1. The van der Waals surface area contributed by atoms with E-state index in [4.69, 9.17) is 22.1 Å². The smallest absolute Gasteiger partial charge is 0.394 e. The van der Waals surface area contributed by atoms with Crippen LogP contribution in [0.3, 0.4) is 0 Å². The lowest BCUT2D eigenvalue weighted by Crippen LogP contribution is -2.27. The van der Waals surface area contributed by atoms with E-state index in [0.717, 1.165) is 11.6 Å². The Balaban J connectivity index is 1.54. The number of nitrogens with one attached hydrogen (secondary N) is 1. The summed E-state index contributed by atoms with van der Waals surface area (Å²) in [7, 11) is 0. The zero-order valence-corrected chi connectivity index (χ0v) is 15.7. The second-order valence-corrected chi connectivity index (χ2v) is 6.90. The Hall–Kier alpha value is -2.85. The number of nitrogen functional groups attached to an aromatic ring is 1. The molecule has 11 heteroatoms. The predicted octanol–water partition coefficient (Wildman–Crippen LogP) is 3.64. The Labute approximate surface area is 168 Å². The summed E-state index contributed by atoms with van der Waals surface area (Å²) in [6.45, 7) is 1.16. The SMILES string of the molecule is Nc1cnc(Cl)nc1NCc1ccc(-n2nc(C(F)(F)F)cc2C2COC2)cc1. The first-order valence-electron chi connectivity index (χ1n) is 8.67. The van der Waals surface area contributed by atoms with Gasteiger partial charge >= 0.3 is 6.18 Å². The molecule has 1 fully saturated rings. The van der Waals surface area contributed by atoms with Crippen LogP contribution >= 0.6 is 11.6 Å². The molecule has 3 heterocycles. The van der Waals surface area contributed by atoms with Crippen molar-refractivity contribution in [3.63, 3.8) is 0 Å². The highest BCUT2D eigenvalue weighted by Gasteiger charge is 2.37. The maximum absolute atomic E-state index is 13.1. The van der Waals surface area contributed by atoms with Gasteiger partial charge in [0.1, 0.15) is 0 Å². The molecule has 3 N–H and O–H groups in total. The lowest BCUT2D eigenvalue weighted by atomic mass is 10.0. The van der Waals surface area contributed by atoms with Crippen molar-refractivity contribution in [3.05, 3.63) is 58.8 Å². The van der Waals surface area contributed by atoms with Crippen LogP contribution in [0.2, 0.25) is 5.28 Å². The third-order valence-electron chi connectivity index (χ3n) is 4.51. The van der Waals surface area contributed by atoms with E-state index in [-0.39, 0.29) is 11.2 Å². The molecule has 1 aliphatic rings. The van der Waals surface area contributed by atoms with Crippen molar-refractivity contribution in [2.24, 2.45) is 0 Å². The maximum atomic E-state index is 13.1. The third kappa shape index (κ3) is 4.13. The number of alkyl halides is 3. The Morgan fingerprint density at radius 2 is 1.97 bits per heavy atom. The number of rotatable bonds is 5. The Kier molecular flexibility index (Phi) is 5.05. The van der Waals surface area contributed by atoms with Crippen LogP contribution in [0.15, 0.2) is 36.5 Å². The number of nitrogens with zero attached hydrogens (tertiary/aromatic N) is 4. The van der Waals surface area contributed by atoms with E-state index in [0.29, 0.717) is 42.6 Å². The molecule has 3 aromatic rings. The van der Waals surface area contributed by atoms with E-state index in [1.807, 2.05) is 0 Å². The van der Waals surface area contributed by atoms with Crippen LogP contribution in [0.1, 0.15) is 22.9 Å². The maximum Gasteiger partial charge on any atom is 0.435 e. The van der Waals surface area contributed by atoms with Gasteiger partial charge in [0, 0.05) is 12.5 Å². The third-order valence-corrected chi connectivity index (χ3v) is 4.69. The minimum atomic E-state index is -4.51. The van der Waals surface area contributed by atoms with E-state index in [1.165, 1.54) is 10.9 Å². The summed E-state index contributed by atoms with van der Waals surface area (Å²) in [6.07, 6.45) is -3.10. The monoisotopic (exact) mass is 424 g/mol. The molecule has 0 amide bonds. The molecule has 0 saturated carbocycles. The van der Waals surface area contributed by atoms with Crippen LogP contribution in [-0.2, 0) is 17.5 Å². The van der Waals surface area contributed by atoms with Gasteiger partial charge in [0.05, 0.1) is 36.5 Å². The van der Waals surface area contributed by atoms with Crippen molar-refractivity contribution in [2.45, 2.75) is 18.6 Å². The lowest BCUT2D eigenvalue weighted by Gasteiger charge is -2.26. The van der Waals surface area contributed by atoms with Crippen LogP contribution in [0.25, 0.3) is 5.69 Å². The summed E-state index contributed by atoms with van der Waals surface area (Å²) in [5, 5.41) is 6.90. The van der Waals surface area contributed by atoms with E-state index >= 15 is 0 Å². The second-order valence-electron chi connectivity index (χ2n) is 6.56. The van der Waals surface area contributed by atoms with Crippen LogP contribution in [-0.4, -0.2) is 33.0 Å². The number of halogens is 4. The quantitative estimate of drug-likeness (QED) is 0.608. The highest BCUT2D eigenvalue weighted by atomic mass is 35.5. The number of ether oxygens (including phenoxy) is 1. The summed E-state index contributed by atoms with van der Waals surface area (Å²) >= 11 is 5.76. The minimum Gasteiger partial charge on any atom is -0.394 e. The van der Waals surface area contributed by atoms with Gasteiger partial charge in [0.25, 0.3) is 0 Å². The molecule has 7 nitrogen and oxygen atoms in total. The molecule has 0 spiro atoms. The highest BCUT2D eigenvalue weighted by molar-refractivity contribution is 6.28. The van der Waals surface area contributed by atoms with Crippen LogP contribution in [0.5, 0.6) is 0 Å². The molecule has 1 aliphatic heterocycles. The summed E-state index contributed by atoms with van der Waals surface area (Å²) in [6, 6.07) is 8.09. The van der Waals surface area contributed by atoms with E-state index < -0.39 is 11.9 Å². The van der Waals surface area contributed by atoms with Gasteiger partial charge in [-0.25, -0.2) is 9.67 Å². The van der Waals surface area contributed by atoms with Gasteiger partial charge in [-0.15, -0.1) is 0 Å². The summed E-state index contributed by atoms with van der Waals surface area (Å²) in [5.74, 6) is 0.300. The standard InChI is InChI=1S/C18H16ClF3N6O/c19-17-25-7-13(23)16(26-17)24-6-10-1-3-12(4-2-10)28-14(11-8-29-9-11)5-15(27-28)18(20,21)22/h1-5,7,11H,6,8-9,23H2,(H,24,25,26). The Bertz CT molecular complexity index is 1020. The largest absolute Gasteiger partial charge is 0.435 e. The molecule has 4 rings (SSSR count). The van der Waals surface area contributed by atoms with Crippen molar-refractivity contribution >= 4 is 23.1 Å². The lowest BCUT2D eigenvalue weighted by molar-refractivity contribution is -0.141. The molecule has 0 bridgehead atoms. The molecule has 152 valence electrons.